The summed E-state index contributed by atoms with van der Waals surface area (Å²) in [5.41, 5.74) is 1.03. The van der Waals surface area contributed by atoms with Crippen LogP contribution >= 0.6 is 35.4 Å². The van der Waals surface area contributed by atoms with Crippen molar-refractivity contribution in [3.63, 3.8) is 0 Å². The van der Waals surface area contributed by atoms with Gasteiger partial charge in [-0.2, -0.15) is 5.10 Å². The number of hydrogen-bond donors (Lipinski definition) is 2. The van der Waals surface area contributed by atoms with E-state index in [0.29, 0.717) is 33.6 Å². The minimum absolute atomic E-state index is 0.332. The van der Waals surface area contributed by atoms with Crippen molar-refractivity contribution in [3.05, 3.63) is 46.1 Å². The predicted octanol–water partition coefficient (Wildman–Crippen LogP) is 4.32. The fourth-order valence-corrected chi connectivity index (χ4v) is 2.45. The zero-order valence-electron chi connectivity index (χ0n) is 12.4. The Bertz CT molecular complexity index is 657. The summed E-state index contributed by atoms with van der Waals surface area (Å²) in [7, 11) is 0. The Morgan fingerprint density at radius 1 is 1.32 bits per heavy atom. The fraction of sp³-hybridized carbons (Fsp3) is 0.333. The molecule has 0 fully saturated rings. The second-order valence-electron chi connectivity index (χ2n) is 5.05. The van der Waals surface area contributed by atoms with Gasteiger partial charge in [0.2, 0.25) is 0 Å². The van der Waals surface area contributed by atoms with Gasteiger partial charge in [-0.25, -0.2) is 0 Å². The van der Waals surface area contributed by atoms with Crippen molar-refractivity contribution in [3.8, 4) is 0 Å². The van der Waals surface area contributed by atoms with Crippen molar-refractivity contribution in [1.82, 2.24) is 15.1 Å². The lowest BCUT2D eigenvalue weighted by atomic mass is 10.2. The molecule has 2 N–H and O–H groups in total. The maximum Gasteiger partial charge on any atom is 0.172 e. The maximum absolute atomic E-state index is 6.02. The van der Waals surface area contributed by atoms with Gasteiger partial charge in [0.15, 0.2) is 10.9 Å². The Morgan fingerprint density at radius 2 is 2.09 bits per heavy atom. The van der Waals surface area contributed by atoms with E-state index in [-0.39, 0.29) is 0 Å². The van der Waals surface area contributed by atoms with Crippen LogP contribution in [0.25, 0.3) is 0 Å². The highest BCUT2D eigenvalue weighted by molar-refractivity contribution is 7.80. The Labute approximate surface area is 145 Å². The molecule has 4 nitrogen and oxygen atoms in total. The Balaban J connectivity index is 1.96. The second kappa shape index (κ2) is 7.81. The van der Waals surface area contributed by atoms with Crippen molar-refractivity contribution >= 4 is 46.4 Å². The van der Waals surface area contributed by atoms with Gasteiger partial charge in [0.1, 0.15) is 0 Å². The van der Waals surface area contributed by atoms with E-state index in [1.165, 1.54) is 0 Å². The molecule has 0 saturated heterocycles. The van der Waals surface area contributed by atoms with E-state index in [4.69, 9.17) is 35.4 Å². The summed E-state index contributed by atoms with van der Waals surface area (Å²) >= 11 is 17.2. The van der Waals surface area contributed by atoms with Crippen molar-refractivity contribution in [1.29, 1.82) is 0 Å². The molecule has 1 aromatic heterocycles. The van der Waals surface area contributed by atoms with Crippen LogP contribution in [0.3, 0.4) is 0 Å². The highest BCUT2D eigenvalue weighted by Gasteiger charge is 2.05. The predicted molar refractivity (Wildman–Crippen MR) is 96.9 cm³/mol. The van der Waals surface area contributed by atoms with E-state index in [1.54, 1.807) is 6.07 Å². The number of nitrogens with zero attached hydrogens (tertiary/aromatic N) is 2. The topological polar surface area (TPSA) is 41.9 Å². The molecular weight excluding hydrogens is 339 g/mol. The number of anilines is 1. The molecule has 0 aliphatic carbocycles. The van der Waals surface area contributed by atoms with Crippen molar-refractivity contribution in [2.24, 2.45) is 0 Å². The number of benzene rings is 1. The molecule has 2 rings (SSSR count). The second-order valence-corrected chi connectivity index (χ2v) is 6.28. The highest BCUT2D eigenvalue weighted by atomic mass is 35.5. The third kappa shape index (κ3) is 4.87. The van der Waals surface area contributed by atoms with Gasteiger partial charge in [0.05, 0.1) is 16.6 Å². The average Bonchev–Trinajstić information content (AvgIpc) is 2.89. The molecular formula is C15H18Cl2N4S. The van der Waals surface area contributed by atoms with Crippen LogP contribution in [-0.4, -0.2) is 20.9 Å². The van der Waals surface area contributed by atoms with Crippen LogP contribution in [0.1, 0.15) is 25.8 Å². The Kier molecular flexibility index (Phi) is 6.06. The molecule has 2 aromatic rings. The van der Waals surface area contributed by atoms with E-state index >= 15 is 0 Å². The summed E-state index contributed by atoms with van der Waals surface area (Å²) in [6, 6.07) is 7.76. The normalized spacial score (nSPS) is 12.0. The number of halogens is 2. The van der Waals surface area contributed by atoms with Gasteiger partial charge in [-0.05, 0) is 43.3 Å². The van der Waals surface area contributed by atoms with Crippen LogP contribution in [0.2, 0.25) is 10.0 Å². The third-order valence-corrected chi connectivity index (χ3v) is 4.16. The van der Waals surface area contributed by atoms with Crippen LogP contribution < -0.4 is 10.6 Å². The average molecular weight is 357 g/mol. The Hall–Kier alpha value is -1.30. The number of hydrogen-bond acceptors (Lipinski definition) is 2. The van der Waals surface area contributed by atoms with Crippen LogP contribution in [0.5, 0.6) is 0 Å². The number of thiocarbonyl (C=S) groups is 1. The summed E-state index contributed by atoms with van der Waals surface area (Å²) < 4.78 is 1.81. The van der Waals surface area contributed by atoms with Crippen molar-refractivity contribution in [2.75, 3.05) is 5.32 Å². The first kappa shape index (κ1) is 17.1. The molecule has 1 unspecified atom stereocenters. The Morgan fingerprint density at radius 3 is 2.77 bits per heavy atom. The van der Waals surface area contributed by atoms with E-state index in [1.807, 2.05) is 29.1 Å². The molecule has 0 spiro atoms. The smallest absolute Gasteiger partial charge is 0.172 e. The van der Waals surface area contributed by atoms with Gasteiger partial charge in [-0.1, -0.05) is 36.2 Å². The molecule has 7 heteroatoms. The third-order valence-electron chi connectivity index (χ3n) is 3.20. The highest BCUT2D eigenvalue weighted by Crippen LogP contribution is 2.23. The molecule has 22 heavy (non-hydrogen) atoms. The lowest BCUT2D eigenvalue weighted by Gasteiger charge is -2.13. The van der Waals surface area contributed by atoms with E-state index in [2.05, 4.69) is 29.6 Å². The van der Waals surface area contributed by atoms with Gasteiger partial charge in [-0.15, -0.1) is 0 Å². The van der Waals surface area contributed by atoms with Gasteiger partial charge in [-0.3, -0.25) is 4.68 Å². The first-order chi connectivity index (χ1) is 10.5. The summed E-state index contributed by atoms with van der Waals surface area (Å²) in [6.07, 6.45) is 2.89. The summed E-state index contributed by atoms with van der Waals surface area (Å²) in [5, 5.41) is 12.4. The monoisotopic (exact) mass is 356 g/mol. The summed E-state index contributed by atoms with van der Waals surface area (Å²) in [4.78, 5) is 0. The van der Waals surface area contributed by atoms with Crippen molar-refractivity contribution < 1.29 is 0 Å². The zero-order valence-corrected chi connectivity index (χ0v) is 14.8. The lowest BCUT2D eigenvalue weighted by molar-refractivity contribution is 0.645. The van der Waals surface area contributed by atoms with Gasteiger partial charge >= 0.3 is 0 Å². The van der Waals surface area contributed by atoms with Gasteiger partial charge in [0, 0.05) is 18.3 Å². The van der Waals surface area contributed by atoms with Crippen LogP contribution in [0, 0.1) is 0 Å². The molecule has 0 aliphatic heterocycles. The zero-order chi connectivity index (χ0) is 16.1. The van der Waals surface area contributed by atoms with Crippen molar-refractivity contribution in [2.45, 2.75) is 32.9 Å². The number of rotatable bonds is 5. The molecule has 0 radical (unpaired) electrons. The first-order valence-electron chi connectivity index (χ1n) is 7.03. The van der Waals surface area contributed by atoms with E-state index in [9.17, 15) is 0 Å². The largest absolute Gasteiger partial charge is 0.360 e. The molecule has 1 aromatic carbocycles. The molecule has 1 heterocycles. The minimum Gasteiger partial charge on any atom is -0.360 e. The SMILES string of the molecule is CCC(C)NC(=S)Nc1ccn(Cc2ccc(Cl)c(Cl)c2)n1. The molecule has 1 atom stereocenters. The maximum atomic E-state index is 6.02. The lowest BCUT2D eigenvalue weighted by Crippen LogP contribution is -2.35. The van der Waals surface area contributed by atoms with Crippen LogP contribution in [0.15, 0.2) is 30.5 Å². The molecule has 0 aliphatic rings. The number of aromatic nitrogens is 2. The fourth-order valence-electron chi connectivity index (χ4n) is 1.82. The molecule has 0 saturated carbocycles. The summed E-state index contributed by atoms with van der Waals surface area (Å²) in [5.74, 6) is 0.709. The molecule has 0 amide bonds. The van der Waals surface area contributed by atoms with Crippen LogP contribution in [-0.2, 0) is 6.54 Å². The quantitative estimate of drug-likeness (QED) is 0.782. The standard InChI is InChI=1S/C15H18Cl2N4S/c1-3-10(2)18-15(22)19-14-6-7-21(20-14)9-11-4-5-12(16)13(17)8-11/h4-8,10H,3,9H2,1-2H3,(H2,18,19,20,22). The molecule has 0 bridgehead atoms. The van der Waals surface area contributed by atoms with E-state index in [0.717, 1.165) is 12.0 Å². The van der Waals surface area contributed by atoms with E-state index < -0.39 is 0 Å². The molecule has 118 valence electrons. The van der Waals surface area contributed by atoms with Gasteiger partial charge in [0.25, 0.3) is 0 Å². The number of nitrogens with one attached hydrogen (secondary N) is 2. The summed E-state index contributed by atoms with van der Waals surface area (Å²) in [6.45, 7) is 4.80. The van der Waals surface area contributed by atoms with Gasteiger partial charge < -0.3 is 10.6 Å². The van der Waals surface area contributed by atoms with Crippen LogP contribution in [0.4, 0.5) is 5.82 Å². The minimum atomic E-state index is 0.332. The first-order valence-corrected chi connectivity index (χ1v) is 8.19.